The molecule has 3 nitrogen and oxygen atoms in total. The topological polar surface area (TPSA) is 46.2 Å². The molecule has 2 rings (SSSR count). The maximum absolute atomic E-state index is 11.8. The third-order valence-electron chi connectivity index (χ3n) is 4.19. The molecule has 0 heterocycles. The van der Waals surface area contributed by atoms with Gasteiger partial charge < -0.3 is 5.32 Å². The maximum atomic E-state index is 11.8. The molecule has 4 heteroatoms. The first-order valence-corrected chi connectivity index (χ1v) is 8.87. The van der Waals surface area contributed by atoms with Gasteiger partial charge in [0.25, 0.3) is 0 Å². The van der Waals surface area contributed by atoms with Crippen LogP contribution in [-0.2, 0) is 22.7 Å². The lowest BCUT2D eigenvalue weighted by Crippen LogP contribution is -2.33. The molecule has 0 aromatic heterocycles. The van der Waals surface area contributed by atoms with Crippen LogP contribution in [0.15, 0.2) is 18.2 Å². The summed E-state index contributed by atoms with van der Waals surface area (Å²) in [4.78, 5) is 0. The van der Waals surface area contributed by atoms with E-state index in [0.717, 1.165) is 18.4 Å². The van der Waals surface area contributed by atoms with Crippen LogP contribution in [-0.4, -0.2) is 27.0 Å². The van der Waals surface area contributed by atoms with E-state index in [0.29, 0.717) is 0 Å². The predicted molar refractivity (Wildman–Crippen MR) is 79.2 cm³/mol. The van der Waals surface area contributed by atoms with Gasteiger partial charge in [-0.1, -0.05) is 18.2 Å². The van der Waals surface area contributed by atoms with Gasteiger partial charge in [0.1, 0.15) is 0 Å². The second kappa shape index (κ2) is 5.63. The molecule has 0 spiro atoms. The van der Waals surface area contributed by atoms with Crippen LogP contribution in [0.25, 0.3) is 0 Å². The summed E-state index contributed by atoms with van der Waals surface area (Å²) in [6, 6.07) is 6.30. The van der Waals surface area contributed by atoms with Gasteiger partial charge >= 0.3 is 0 Å². The van der Waals surface area contributed by atoms with Gasteiger partial charge in [-0.3, -0.25) is 0 Å². The monoisotopic (exact) mass is 281 g/mol. The van der Waals surface area contributed by atoms with Gasteiger partial charge in [-0.05, 0) is 56.3 Å². The van der Waals surface area contributed by atoms with Crippen LogP contribution in [0.5, 0.6) is 0 Å². The summed E-state index contributed by atoms with van der Waals surface area (Å²) in [5.74, 6) is 0. The summed E-state index contributed by atoms with van der Waals surface area (Å²) < 4.78 is 23.5. The molecule has 1 N–H and O–H groups in total. The fourth-order valence-electron chi connectivity index (χ4n) is 2.87. The standard InChI is InChI=1S/C15H23NO2S/c1-11(19(3,17)18)15(16-2)14-9-8-12-6-4-5-7-13(12)10-14/h8-11,15-16H,4-7H2,1-3H3. The quantitative estimate of drug-likeness (QED) is 0.921. The molecule has 0 fully saturated rings. The average molecular weight is 281 g/mol. The van der Waals surface area contributed by atoms with E-state index in [2.05, 4.69) is 23.5 Å². The zero-order valence-corrected chi connectivity index (χ0v) is 12.8. The minimum atomic E-state index is -3.05. The van der Waals surface area contributed by atoms with Gasteiger partial charge in [0.15, 0.2) is 9.84 Å². The highest BCUT2D eigenvalue weighted by Gasteiger charge is 2.26. The summed E-state index contributed by atoms with van der Waals surface area (Å²) in [5, 5.41) is 2.73. The Kier molecular flexibility index (Phi) is 4.31. The van der Waals surface area contributed by atoms with Gasteiger partial charge in [0, 0.05) is 12.3 Å². The largest absolute Gasteiger partial charge is 0.312 e. The highest BCUT2D eigenvalue weighted by atomic mass is 32.2. The molecule has 1 aromatic rings. The van der Waals surface area contributed by atoms with Crippen molar-refractivity contribution in [2.45, 2.75) is 43.9 Å². The third kappa shape index (κ3) is 3.18. The molecule has 0 aliphatic heterocycles. The lowest BCUT2D eigenvalue weighted by atomic mass is 9.89. The summed E-state index contributed by atoms with van der Waals surface area (Å²) in [6.07, 6.45) is 6.08. The van der Waals surface area contributed by atoms with Crippen molar-refractivity contribution < 1.29 is 8.42 Å². The summed E-state index contributed by atoms with van der Waals surface area (Å²) in [6.45, 7) is 1.77. The number of fused-ring (bicyclic) bond motifs is 1. The van der Waals surface area contributed by atoms with Gasteiger partial charge in [-0.15, -0.1) is 0 Å². The smallest absolute Gasteiger partial charge is 0.151 e. The number of hydrogen-bond acceptors (Lipinski definition) is 3. The van der Waals surface area contributed by atoms with Gasteiger partial charge in [0.2, 0.25) is 0 Å². The van der Waals surface area contributed by atoms with Crippen LogP contribution in [0.1, 0.15) is 42.5 Å². The minimum Gasteiger partial charge on any atom is -0.312 e. The fourth-order valence-corrected chi connectivity index (χ4v) is 3.65. The molecule has 2 unspecified atom stereocenters. The number of benzene rings is 1. The maximum Gasteiger partial charge on any atom is 0.151 e. The van der Waals surface area contributed by atoms with Crippen LogP contribution in [0, 0.1) is 0 Å². The second-order valence-corrected chi connectivity index (χ2v) is 7.94. The van der Waals surface area contributed by atoms with Crippen molar-refractivity contribution in [1.29, 1.82) is 0 Å². The molecule has 1 aliphatic rings. The minimum absolute atomic E-state index is 0.137. The Morgan fingerprint density at radius 3 is 2.37 bits per heavy atom. The van der Waals surface area contributed by atoms with Crippen LogP contribution in [0.3, 0.4) is 0 Å². The molecule has 106 valence electrons. The molecule has 0 saturated carbocycles. The Morgan fingerprint density at radius 2 is 1.79 bits per heavy atom. The van der Waals surface area contributed by atoms with Crippen molar-refractivity contribution in [3.8, 4) is 0 Å². The summed E-state index contributed by atoms with van der Waals surface area (Å²) >= 11 is 0. The Balaban J connectivity index is 2.34. The number of nitrogens with one attached hydrogen (secondary N) is 1. The average Bonchev–Trinajstić information content (AvgIpc) is 2.38. The molecule has 0 radical (unpaired) electrons. The van der Waals surface area contributed by atoms with Crippen molar-refractivity contribution in [2.24, 2.45) is 0 Å². The SMILES string of the molecule is CNC(c1ccc2c(c1)CCCC2)C(C)S(C)(=O)=O. The molecule has 0 saturated heterocycles. The van der Waals surface area contributed by atoms with Crippen molar-refractivity contribution in [1.82, 2.24) is 5.32 Å². The van der Waals surface area contributed by atoms with Crippen molar-refractivity contribution in [3.05, 3.63) is 34.9 Å². The number of aryl methyl sites for hydroxylation is 2. The lowest BCUT2D eigenvalue weighted by Gasteiger charge is -2.25. The van der Waals surface area contributed by atoms with E-state index in [4.69, 9.17) is 0 Å². The van der Waals surface area contributed by atoms with Gasteiger partial charge in [-0.25, -0.2) is 8.42 Å². The Bertz CT molecular complexity index is 551. The van der Waals surface area contributed by atoms with Gasteiger partial charge in [-0.2, -0.15) is 0 Å². The van der Waals surface area contributed by atoms with Crippen LogP contribution >= 0.6 is 0 Å². The van der Waals surface area contributed by atoms with Crippen molar-refractivity contribution in [2.75, 3.05) is 13.3 Å². The number of hydrogen-bond donors (Lipinski definition) is 1. The Morgan fingerprint density at radius 1 is 1.16 bits per heavy atom. The van der Waals surface area contributed by atoms with E-state index in [-0.39, 0.29) is 6.04 Å². The van der Waals surface area contributed by atoms with Gasteiger partial charge in [0.05, 0.1) is 5.25 Å². The Hall–Kier alpha value is -0.870. The molecule has 0 bridgehead atoms. The van der Waals surface area contributed by atoms with E-state index in [9.17, 15) is 8.42 Å². The lowest BCUT2D eigenvalue weighted by molar-refractivity contribution is 0.534. The first kappa shape index (κ1) is 14.5. The zero-order valence-electron chi connectivity index (χ0n) is 11.9. The van der Waals surface area contributed by atoms with Crippen molar-refractivity contribution in [3.63, 3.8) is 0 Å². The normalized spacial score (nSPS) is 18.7. The van der Waals surface area contributed by atoms with E-state index < -0.39 is 15.1 Å². The molecule has 1 aromatic carbocycles. The number of rotatable bonds is 4. The zero-order chi connectivity index (χ0) is 14.0. The van der Waals surface area contributed by atoms with Crippen LogP contribution in [0.4, 0.5) is 0 Å². The summed E-state index contributed by atoms with van der Waals surface area (Å²) in [5.41, 5.74) is 3.91. The van der Waals surface area contributed by atoms with Crippen molar-refractivity contribution >= 4 is 9.84 Å². The highest BCUT2D eigenvalue weighted by molar-refractivity contribution is 7.91. The molecule has 0 amide bonds. The fraction of sp³-hybridized carbons (Fsp3) is 0.600. The summed E-state index contributed by atoms with van der Waals surface area (Å²) in [7, 11) is -1.22. The van der Waals surface area contributed by atoms with E-state index >= 15 is 0 Å². The van der Waals surface area contributed by atoms with E-state index in [1.165, 1.54) is 30.2 Å². The van der Waals surface area contributed by atoms with E-state index in [1.54, 1.807) is 6.92 Å². The molecular formula is C15H23NO2S. The molecule has 1 aliphatic carbocycles. The second-order valence-electron chi connectivity index (χ2n) is 5.54. The molecular weight excluding hydrogens is 258 g/mol. The Labute approximate surface area is 116 Å². The molecule has 2 atom stereocenters. The number of sulfone groups is 1. The van der Waals surface area contributed by atoms with Crippen LogP contribution in [0.2, 0.25) is 0 Å². The molecule has 19 heavy (non-hydrogen) atoms. The third-order valence-corrected chi connectivity index (χ3v) is 5.81. The predicted octanol–water partition coefficient (Wildman–Crippen LogP) is 2.26. The first-order valence-electron chi connectivity index (χ1n) is 6.91. The van der Waals surface area contributed by atoms with E-state index in [1.807, 2.05) is 7.05 Å². The highest BCUT2D eigenvalue weighted by Crippen LogP contribution is 2.27. The van der Waals surface area contributed by atoms with Crippen LogP contribution < -0.4 is 5.32 Å². The first-order chi connectivity index (χ1) is 8.93.